The fraction of sp³-hybridized carbons (Fsp3) is 0.278. The number of hydrogen-bond donors (Lipinski definition) is 2. The Bertz CT molecular complexity index is 946. The highest BCUT2D eigenvalue weighted by Crippen LogP contribution is 2.21. The van der Waals surface area contributed by atoms with Gasteiger partial charge in [0, 0.05) is 24.5 Å². The smallest absolute Gasteiger partial charge is 0.303 e. The van der Waals surface area contributed by atoms with E-state index in [9.17, 15) is 9.59 Å². The van der Waals surface area contributed by atoms with Crippen molar-refractivity contribution in [3.63, 3.8) is 0 Å². The normalized spacial score (nSPS) is 10.8. The summed E-state index contributed by atoms with van der Waals surface area (Å²) in [5.74, 6) is -1.16. The maximum absolute atomic E-state index is 12.3. The zero-order valence-corrected chi connectivity index (χ0v) is 14.3. The molecule has 2 aromatic heterocycles. The van der Waals surface area contributed by atoms with Crippen LogP contribution in [0.4, 0.5) is 0 Å². The molecule has 0 spiro atoms. The van der Waals surface area contributed by atoms with Crippen molar-refractivity contribution >= 4 is 22.8 Å². The number of aromatic nitrogens is 4. The average Bonchev–Trinajstić information content (AvgIpc) is 3.02. The molecule has 1 amide bonds. The molecule has 2 N–H and O–H groups in total. The predicted molar refractivity (Wildman–Crippen MR) is 95.2 cm³/mol. The van der Waals surface area contributed by atoms with Crippen LogP contribution < -0.4 is 5.32 Å². The molecule has 0 aliphatic heterocycles. The van der Waals surface area contributed by atoms with Crippen molar-refractivity contribution in [3.05, 3.63) is 47.9 Å². The highest BCUT2D eigenvalue weighted by atomic mass is 16.4. The number of hydrogen-bond acceptors (Lipinski definition) is 5. The molecule has 0 saturated carbocycles. The van der Waals surface area contributed by atoms with E-state index in [4.69, 9.17) is 5.11 Å². The van der Waals surface area contributed by atoms with E-state index in [1.807, 2.05) is 30.3 Å². The Kier molecular flexibility index (Phi) is 5.21. The lowest BCUT2D eigenvalue weighted by molar-refractivity contribution is -0.137. The standard InChI is InChI=1S/C18H19N5O3/c1-12-16(18(26)20-10-3-2-9-15(24)25)21-22-23(12)14-8-4-6-13-7-5-11-19-17(13)14/h4-8,11H,2-3,9-10H2,1H3,(H,20,26)(H,24,25). The van der Waals surface area contributed by atoms with Gasteiger partial charge in [-0.25, -0.2) is 4.68 Å². The molecule has 1 aromatic carbocycles. The van der Waals surface area contributed by atoms with E-state index in [1.165, 1.54) is 0 Å². The first kappa shape index (κ1) is 17.5. The number of pyridine rings is 1. The number of benzene rings is 1. The van der Waals surface area contributed by atoms with Crippen LogP contribution in [0, 0.1) is 6.92 Å². The molecule has 26 heavy (non-hydrogen) atoms. The summed E-state index contributed by atoms with van der Waals surface area (Å²) in [4.78, 5) is 27.2. The van der Waals surface area contributed by atoms with Crippen molar-refractivity contribution in [2.45, 2.75) is 26.2 Å². The molecule has 0 saturated heterocycles. The van der Waals surface area contributed by atoms with Gasteiger partial charge in [0.15, 0.2) is 5.69 Å². The van der Waals surface area contributed by atoms with Gasteiger partial charge in [-0.1, -0.05) is 23.4 Å². The predicted octanol–water partition coefficient (Wildman–Crippen LogP) is 2.11. The Morgan fingerprint density at radius 2 is 2.00 bits per heavy atom. The largest absolute Gasteiger partial charge is 0.481 e. The van der Waals surface area contributed by atoms with Crippen molar-refractivity contribution in [1.29, 1.82) is 0 Å². The van der Waals surface area contributed by atoms with Crippen LogP contribution >= 0.6 is 0 Å². The van der Waals surface area contributed by atoms with Crippen LogP contribution in [0.3, 0.4) is 0 Å². The molecule has 0 unspecified atom stereocenters. The van der Waals surface area contributed by atoms with E-state index in [0.717, 1.165) is 16.6 Å². The fourth-order valence-electron chi connectivity index (χ4n) is 2.71. The second-order valence-corrected chi connectivity index (χ2v) is 5.89. The van der Waals surface area contributed by atoms with E-state index in [1.54, 1.807) is 17.8 Å². The number of fused-ring (bicyclic) bond motifs is 1. The number of nitrogens with one attached hydrogen (secondary N) is 1. The third-order valence-corrected chi connectivity index (χ3v) is 4.05. The summed E-state index contributed by atoms with van der Waals surface area (Å²) < 4.78 is 1.61. The topological polar surface area (TPSA) is 110 Å². The second-order valence-electron chi connectivity index (χ2n) is 5.89. The van der Waals surface area contributed by atoms with Gasteiger partial charge in [0.2, 0.25) is 0 Å². The Hall–Kier alpha value is -3.29. The van der Waals surface area contributed by atoms with Gasteiger partial charge < -0.3 is 10.4 Å². The maximum atomic E-state index is 12.3. The number of aliphatic carboxylic acids is 1. The molecule has 0 bridgehead atoms. The Morgan fingerprint density at radius 3 is 2.81 bits per heavy atom. The van der Waals surface area contributed by atoms with E-state index < -0.39 is 5.97 Å². The van der Waals surface area contributed by atoms with Crippen molar-refractivity contribution in [2.24, 2.45) is 0 Å². The summed E-state index contributed by atoms with van der Waals surface area (Å²) in [6.07, 6.45) is 2.92. The van der Waals surface area contributed by atoms with Gasteiger partial charge in [-0.2, -0.15) is 0 Å². The summed E-state index contributed by atoms with van der Waals surface area (Å²) in [6.45, 7) is 2.18. The van der Waals surface area contributed by atoms with Crippen LogP contribution in [0.15, 0.2) is 36.5 Å². The van der Waals surface area contributed by atoms with E-state index in [2.05, 4.69) is 20.6 Å². The fourth-order valence-corrected chi connectivity index (χ4v) is 2.71. The average molecular weight is 353 g/mol. The molecule has 134 valence electrons. The van der Waals surface area contributed by atoms with E-state index >= 15 is 0 Å². The number of nitrogens with zero attached hydrogens (tertiary/aromatic N) is 4. The molecule has 8 heteroatoms. The molecule has 0 aliphatic carbocycles. The number of rotatable bonds is 7. The van der Waals surface area contributed by atoms with Gasteiger partial charge in [-0.3, -0.25) is 14.6 Å². The summed E-state index contributed by atoms with van der Waals surface area (Å²) in [5.41, 5.74) is 2.40. The van der Waals surface area contributed by atoms with Crippen LogP contribution in [-0.4, -0.2) is 43.5 Å². The number of para-hydroxylation sites is 1. The zero-order chi connectivity index (χ0) is 18.5. The summed E-state index contributed by atoms with van der Waals surface area (Å²) in [7, 11) is 0. The molecule has 3 rings (SSSR count). The van der Waals surface area contributed by atoms with Crippen molar-refractivity contribution in [1.82, 2.24) is 25.3 Å². The lowest BCUT2D eigenvalue weighted by Crippen LogP contribution is -2.25. The number of amides is 1. The highest BCUT2D eigenvalue weighted by molar-refractivity contribution is 5.93. The SMILES string of the molecule is Cc1c(C(=O)NCCCCC(=O)O)nnn1-c1cccc2cccnc12. The molecule has 8 nitrogen and oxygen atoms in total. The minimum atomic E-state index is -0.834. The summed E-state index contributed by atoms with van der Waals surface area (Å²) >= 11 is 0. The third-order valence-electron chi connectivity index (χ3n) is 4.05. The first-order valence-corrected chi connectivity index (χ1v) is 8.34. The molecular formula is C18H19N5O3. The van der Waals surface area contributed by atoms with Gasteiger partial charge in [0.05, 0.1) is 16.9 Å². The van der Waals surface area contributed by atoms with Gasteiger partial charge in [-0.05, 0) is 31.9 Å². The second kappa shape index (κ2) is 7.73. The monoisotopic (exact) mass is 353 g/mol. The molecule has 0 aliphatic rings. The Labute approximate surface area is 149 Å². The van der Waals surface area contributed by atoms with Crippen LogP contribution in [0.5, 0.6) is 0 Å². The minimum absolute atomic E-state index is 0.0964. The molecule has 3 aromatic rings. The van der Waals surface area contributed by atoms with Gasteiger partial charge in [0.1, 0.15) is 0 Å². The number of carbonyl (C=O) groups is 2. The lowest BCUT2D eigenvalue weighted by atomic mass is 10.2. The minimum Gasteiger partial charge on any atom is -0.481 e. The van der Waals surface area contributed by atoms with Crippen molar-refractivity contribution in [2.75, 3.05) is 6.54 Å². The molecule has 2 heterocycles. The van der Waals surface area contributed by atoms with Crippen molar-refractivity contribution in [3.8, 4) is 5.69 Å². The van der Waals surface area contributed by atoms with Crippen LogP contribution in [0.1, 0.15) is 35.4 Å². The van der Waals surface area contributed by atoms with Crippen molar-refractivity contribution < 1.29 is 14.7 Å². The van der Waals surface area contributed by atoms with Gasteiger partial charge in [-0.15, -0.1) is 5.10 Å². The number of unbranched alkanes of at least 4 members (excludes halogenated alkanes) is 1. The third kappa shape index (κ3) is 3.69. The zero-order valence-electron chi connectivity index (χ0n) is 14.3. The lowest BCUT2D eigenvalue weighted by Gasteiger charge is -2.07. The summed E-state index contributed by atoms with van der Waals surface area (Å²) in [6, 6.07) is 9.57. The number of carboxylic acids is 1. The number of carboxylic acid groups (broad SMARTS) is 1. The van der Waals surface area contributed by atoms with E-state index in [0.29, 0.717) is 25.1 Å². The maximum Gasteiger partial charge on any atom is 0.303 e. The quantitative estimate of drug-likeness (QED) is 0.630. The van der Waals surface area contributed by atoms with E-state index in [-0.39, 0.29) is 18.0 Å². The van der Waals surface area contributed by atoms with Crippen LogP contribution in [0.2, 0.25) is 0 Å². The van der Waals surface area contributed by atoms with Gasteiger partial charge in [0.25, 0.3) is 5.91 Å². The number of carbonyl (C=O) groups excluding carboxylic acids is 1. The first-order chi connectivity index (χ1) is 12.6. The first-order valence-electron chi connectivity index (χ1n) is 8.34. The molecule has 0 fully saturated rings. The molecular weight excluding hydrogens is 334 g/mol. The molecule has 0 radical (unpaired) electrons. The highest BCUT2D eigenvalue weighted by Gasteiger charge is 2.18. The van der Waals surface area contributed by atoms with Crippen LogP contribution in [-0.2, 0) is 4.79 Å². The van der Waals surface area contributed by atoms with Crippen LogP contribution in [0.25, 0.3) is 16.6 Å². The molecule has 0 atom stereocenters. The Balaban J connectivity index is 1.75. The Morgan fingerprint density at radius 1 is 1.19 bits per heavy atom. The van der Waals surface area contributed by atoms with Gasteiger partial charge >= 0.3 is 5.97 Å². The summed E-state index contributed by atoms with van der Waals surface area (Å²) in [5, 5.41) is 20.5.